The Morgan fingerprint density at radius 3 is 2.82 bits per heavy atom. The van der Waals surface area contributed by atoms with Gasteiger partial charge in [-0.15, -0.1) is 0 Å². The number of aromatic nitrogens is 2. The second kappa shape index (κ2) is 7.16. The van der Waals surface area contributed by atoms with E-state index in [1.54, 1.807) is 24.4 Å². The molecule has 0 aliphatic rings. The van der Waals surface area contributed by atoms with Crippen molar-refractivity contribution in [3.8, 4) is 0 Å². The minimum Gasteiger partial charge on any atom is -0.395 e. The van der Waals surface area contributed by atoms with E-state index in [0.717, 1.165) is 17.4 Å². The van der Waals surface area contributed by atoms with Gasteiger partial charge in [0.15, 0.2) is 10.9 Å². The van der Waals surface area contributed by atoms with Crippen LogP contribution in [0.4, 0.5) is 15.4 Å². The van der Waals surface area contributed by atoms with E-state index in [-0.39, 0.29) is 12.3 Å². The minimum absolute atomic E-state index is 0.0659. The molecule has 0 fully saturated rings. The van der Waals surface area contributed by atoms with Gasteiger partial charge in [0, 0.05) is 6.20 Å². The quantitative estimate of drug-likeness (QED) is 0.369. The number of nitro groups is 1. The van der Waals surface area contributed by atoms with Gasteiger partial charge in [0.2, 0.25) is 0 Å². The zero-order chi connectivity index (χ0) is 19.7. The fourth-order valence-electron chi connectivity index (χ4n) is 2.56. The summed E-state index contributed by atoms with van der Waals surface area (Å²) in [5.41, 5.74) is 1.12. The zero-order valence-electron chi connectivity index (χ0n) is 14.1. The maximum Gasteiger partial charge on any atom is 0.433 e. The number of carbonyl (C=O) groups is 1. The SMILES string of the molecule is O=C(c1ccc([N+](=O)[O-])o1)N(Cc1ccccn1)c1nc2ccc(F)cc2s1. The molecule has 0 unspecified atom stereocenters. The number of pyridine rings is 1. The Morgan fingerprint density at radius 1 is 1.25 bits per heavy atom. The summed E-state index contributed by atoms with van der Waals surface area (Å²) in [5, 5.41) is 11.1. The van der Waals surface area contributed by atoms with Crippen molar-refractivity contribution in [1.82, 2.24) is 9.97 Å². The highest BCUT2D eigenvalue weighted by molar-refractivity contribution is 7.22. The number of thiazole rings is 1. The Kier molecular flexibility index (Phi) is 4.53. The molecule has 10 heteroatoms. The third-order valence-electron chi connectivity index (χ3n) is 3.84. The fourth-order valence-corrected chi connectivity index (χ4v) is 3.54. The molecule has 8 nitrogen and oxygen atoms in total. The number of carbonyl (C=O) groups excluding carboxylic acids is 1. The van der Waals surface area contributed by atoms with Gasteiger partial charge in [0.25, 0.3) is 5.91 Å². The van der Waals surface area contributed by atoms with Crippen LogP contribution in [0, 0.1) is 15.9 Å². The molecule has 140 valence electrons. The number of hydrogen-bond donors (Lipinski definition) is 0. The predicted octanol–water partition coefficient (Wildman–Crippen LogP) is 4.18. The molecule has 4 aromatic rings. The molecule has 0 aliphatic carbocycles. The van der Waals surface area contributed by atoms with Crippen LogP contribution in [-0.2, 0) is 6.54 Å². The molecular formula is C18H11FN4O4S. The molecule has 0 atom stereocenters. The van der Waals surface area contributed by atoms with Gasteiger partial charge in [0.1, 0.15) is 10.7 Å². The first-order valence-corrected chi connectivity index (χ1v) is 8.85. The van der Waals surface area contributed by atoms with E-state index in [2.05, 4.69) is 9.97 Å². The standard InChI is InChI=1S/C18H11FN4O4S/c19-11-4-5-13-15(9-11)28-18(21-13)22(10-12-3-1-2-8-20-12)17(24)14-6-7-16(27-14)23(25)26/h1-9H,10H2. The van der Waals surface area contributed by atoms with E-state index in [9.17, 15) is 19.3 Å². The van der Waals surface area contributed by atoms with E-state index >= 15 is 0 Å². The number of fused-ring (bicyclic) bond motifs is 1. The third kappa shape index (κ3) is 3.45. The Morgan fingerprint density at radius 2 is 2.11 bits per heavy atom. The largest absolute Gasteiger partial charge is 0.433 e. The fraction of sp³-hybridized carbons (Fsp3) is 0.0556. The average molecular weight is 398 g/mol. The first-order chi connectivity index (χ1) is 13.5. The van der Waals surface area contributed by atoms with Crippen LogP contribution in [-0.4, -0.2) is 20.8 Å². The van der Waals surface area contributed by atoms with E-state index in [4.69, 9.17) is 4.42 Å². The first kappa shape index (κ1) is 17.7. The van der Waals surface area contributed by atoms with Crippen molar-refractivity contribution in [3.05, 3.63) is 82.1 Å². The lowest BCUT2D eigenvalue weighted by Gasteiger charge is -2.18. The molecule has 0 spiro atoms. The zero-order valence-corrected chi connectivity index (χ0v) is 14.9. The molecule has 3 aromatic heterocycles. The summed E-state index contributed by atoms with van der Waals surface area (Å²) in [6.45, 7) is 0.0659. The molecule has 0 N–H and O–H groups in total. The van der Waals surface area contributed by atoms with Gasteiger partial charge in [-0.2, -0.15) is 0 Å². The second-order valence-corrected chi connectivity index (χ2v) is 6.72. The van der Waals surface area contributed by atoms with Gasteiger partial charge in [-0.1, -0.05) is 17.4 Å². The summed E-state index contributed by atoms with van der Waals surface area (Å²) >= 11 is 1.13. The normalized spacial score (nSPS) is 10.9. The van der Waals surface area contributed by atoms with Gasteiger partial charge >= 0.3 is 5.88 Å². The van der Waals surface area contributed by atoms with Crippen molar-refractivity contribution in [2.75, 3.05) is 4.90 Å². The van der Waals surface area contributed by atoms with Crippen LogP contribution in [0.15, 0.2) is 59.1 Å². The topological polar surface area (TPSA) is 102 Å². The number of benzene rings is 1. The molecule has 3 heterocycles. The van der Waals surface area contributed by atoms with Crippen molar-refractivity contribution >= 4 is 38.5 Å². The summed E-state index contributed by atoms with van der Waals surface area (Å²) in [6.07, 6.45) is 1.59. The van der Waals surface area contributed by atoms with Crippen LogP contribution in [0.5, 0.6) is 0 Å². The summed E-state index contributed by atoms with van der Waals surface area (Å²) in [7, 11) is 0. The Bertz CT molecular complexity index is 1170. The van der Waals surface area contributed by atoms with Crippen LogP contribution < -0.4 is 4.90 Å². The van der Waals surface area contributed by atoms with Crippen molar-refractivity contribution in [3.63, 3.8) is 0 Å². The predicted molar refractivity (Wildman–Crippen MR) is 99.7 cm³/mol. The number of amides is 1. The van der Waals surface area contributed by atoms with Crippen LogP contribution in [0.3, 0.4) is 0 Å². The number of rotatable bonds is 5. The van der Waals surface area contributed by atoms with Crippen LogP contribution in [0.2, 0.25) is 0 Å². The molecular weight excluding hydrogens is 387 g/mol. The summed E-state index contributed by atoms with van der Waals surface area (Å²) in [6, 6.07) is 11.7. The summed E-state index contributed by atoms with van der Waals surface area (Å²) in [5.74, 6) is -1.76. The average Bonchev–Trinajstić information content (AvgIpc) is 3.33. The highest BCUT2D eigenvalue weighted by atomic mass is 32.1. The number of furan rings is 1. The summed E-state index contributed by atoms with van der Waals surface area (Å²) < 4.78 is 19.1. The van der Waals surface area contributed by atoms with Crippen molar-refractivity contribution in [2.24, 2.45) is 0 Å². The molecule has 28 heavy (non-hydrogen) atoms. The Hall–Kier alpha value is -3.66. The maximum absolute atomic E-state index is 13.5. The minimum atomic E-state index is -0.722. The molecule has 0 bridgehead atoms. The van der Waals surface area contributed by atoms with Crippen LogP contribution in [0.1, 0.15) is 16.2 Å². The molecule has 1 aromatic carbocycles. The highest BCUT2D eigenvalue weighted by Crippen LogP contribution is 2.31. The van der Waals surface area contributed by atoms with E-state index in [1.165, 1.54) is 29.2 Å². The van der Waals surface area contributed by atoms with Gasteiger partial charge in [-0.05, 0) is 36.4 Å². The van der Waals surface area contributed by atoms with E-state index in [0.29, 0.717) is 21.0 Å². The van der Waals surface area contributed by atoms with Crippen LogP contribution in [0.25, 0.3) is 10.2 Å². The third-order valence-corrected chi connectivity index (χ3v) is 4.89. The maximum atomic E-state index is 13.5. The molecule has 0 radical (unpaired) electrons. The Balaban J connectivity index is 1.75. The van der Waals surface area contributed by atoms with Crippen molar-refractivity contribution in [1.29, 1.82) is 0 Å². The van der Waals surface area contributed by atoms with Crippen LogP contribution >= 0.6 is 11.3 Å². The molecule has 0 saturated heterocycles. The Labute approximate surface area is 161 Å². The lowest BCUT2D eigenvalue weighted by atomic mass is 10.3. The number of nitrogens with zero attached hydrogens (tertiary/aromatic N) is 4. The summed E-state index contributed by atoms with van der Waals surface area (Å²) in [4.78, 5) is 33.0. The monoisotopic (exact) mass is 398 g/mol. The molecule has 4 rings (SSSR count). The van der Waals surface area contributed by atoms with Crippen molar-refractivity contribution in [2.45, 2.75) is 6.54 Å². The van der Waals surface area contributed by atoms with Gasteiger partial charge in [0.05, 0.1) is 28.5 Å². The highest BCUT2D eigenvalue weighted by Gasteiger charge is 2.26. The van der Waals surface area contributed by atoms with Crippen molar-refractivity contribution < 1.29 is 18.5 Å². The number of anilines is 1. The molecule has 1 amide bonds. The van der Waals surface area contributed by atoms with Gasteiger partial charge in [-0.3, -0.25) is 24.8 Å². The smallest absolute Gasteiger partial charge is 0.395 e. The first-order valence-electron chi connectivity index (χ1n) is 8.03. The van der Waals surface area contributed by atoms with E-state index < -0.39 is 22.5 Å². The number of hydrogen-bond acceptors (Lipinski definition) is 7. The number of halogens is 1. The lowest BCUT2D eigenvalue weighted by Crippen LogP contribution is -2.30. The van der Waals surface area contributed by atoms with Gasteiger partial charge in [-0.25, -0.2) is 9.37 Å². The molecule has 0 saturated carbocycles. The van der Waals surface area contributed by atoms with E-state index in [1.807, 2.05) is 0 Å². The van der Waals surface area contributed by atoms with Gasteiger partial charge < -0.3 is 4.42 Å². The second-order valence-electron chi connectivity index (χ2n) is 5.72. The lowest BCUT2D eigenvalue weighted by molar-refractivity contribution is -0.402. The molecule has 0 aliphatic heterocycles.